The Hall–Kier alpha value is -1.67. The molecule has 1 rings (SSSR count). The summed E-state index contributed by atoms with van der Waals surface area (Å²) in [5, 5.41) is 0. The number of ether oxygens (including phenoxy) is 1. The minimum absolute atomic E-state index is 0.636. The maximum Gasteiger partial charge on any atom is 0.235 e. The van der Waals surface area contributed by atoms with E-state index in [2.05, 4.69) is 4.99 Å². The van der Waals surface area contributed by atoms with E-state index < -0.39 is 12.7 Å². The second-order valence-corrected chi connectivity index (χ2v) is 2.66. The van der Waals surface area contributed by atoms with Crippen molar-refractivity contribution in [2.24, 2.45) is 4.99 Å². The second kappa shape index (κ2) is 5.14. The van der Waals surface area contributed by atoms with Crippen LogP contribution in [0.25, 0.3) is 0 Å². The number of nitrogens with zero attached hydrogens (tertiary/aromatic N) is 1. The molecule has 0 N–H and O–H groups in total. The molecule has 0 aliphatic heterocycles. The molecule has 1 atom stereocenters. The normalized spacial score (nSPS) is 11.6. The second-order valence-electron chi connectivity index (χ2n) is 2.66. The summed E-state index contributed by atoms with van der Waals surface area (Å²) >= 11 is 0. The highest BCUT2D eigenvalue weighted by Gasteiger charge is 2.08. The summed E-state index contributed by atoms with van der Waals surface area (Å²) in [7, 11) is 1.55. The van der Waals surface area contributed by atoms with Crippen LogP contribution in [-0.2, 0) is 4.79 Å². The van der Waals surface area contributed by atoms with Crippen LogP contribution in [0.1, 0.15) is 11.6 Å². The third-order valence-corrected chi connectivity index (χ3v) is 1.86. The van der Waals surface area contributed by atoms with Gasteiger partial charge < -0.3 is 4.74 Å². The fraction of sp³-hybridized carbons (Fsp3) is 0.300. The highest BCUT2D eigenvalue weighted by atomic mass is 19.1. The summed E-state index contributed by atoms with van der Waals surface area (Å²) in [6.07, 6.45) is 1.35. The molecule has 0 saturated heterocycles. The first-order chi connectivity index (χ1) is 6.81. The largest absolute Gasteiger partial charge is 0.497 e. The van der Waals surface area contributed by atoms with Gasteiger partial charge in [0.25, 0.3) is 0 Å². The summed E-state index contributed by atoms with van der Waals surface area (Å²) in [5.41, 5.74) is 0.636. The third kappa shape index (κ3) is 2.41. The van der Waals surface area contributed by atoms with Gasteiger partial charge in [0.1, 0.15) is 18.5 Å². The molecule has 3 nitrogen and oxygen atoms in total. The molecule has 0 radical (unpaired) electrons. The minimum atomic E-state index is -0.751. The van der Waals surface area contributed by atoms with Gasteiger partial charge in [-0.2, -0.15) is 4.99 Å². The number of isocyanates is 1. The third-order valence-electron chi connectivity index (χ3n) is 1.86. The van der Waals surface area contributed by atoms with Gasteiger partial charge >= 0.3 is 0 Å². The van der Waals surface area contributed by atoms with Gasteiger partial charge in [0.05, 0.1) is 7.11 Å². The van der Waals surface area contributed by atoms with E-state index in [1.54, 1.807) is 31.4 Å². The number of hydrogen-bond donors (Lipinski definition) is 0. The number of alkyl halides is 1. The van der Waals surface area contributed by atoms with Crippen molar-refractivity contribution in [1.29, 1.82) is 0 Å². The summed E-state index contributed by atoms with van der Waals surface area (Å²) in [4.78, 5) is 13.3. The van der Waals surface area contributed by atoms with Gasteiger partial charge in [-0.3, -0.25) is 0 Å². The summed E-state index contributed by atoms with van der Waals surface area (Å²) < 4.78 is 17.3. The molecule has 1 aromatic rings. The standard InChI is InChI=1S/C10H10FNO2/c1-14-9-4-2-8(3-5-9)10(6-11)12-7-13/h2-5,10H,6H2,1H3. The first-order valence-electron chi connectivity index (χ1n) is 4.08. The number of carbonyl (C=O) groups excluding carboxylic acids is 1. The van der Waals surface area contributed by atoms with E-state index >= 15 is 0 Å². The van der Waals surface area contributed by atoms with Gasteiger partial charge in [-0.15, -0.1) is 0 Å². The van der Waals surface area contributed by atoms with Crippen LogP contribution in [0.15, 0.2) is 29.3 Å². The average Bonchev–Trinajstić information content (AvgIpc) is 2.26. The molecule has 0 spiro atoms. The lowest BCUT2D eigenvalue weighted by Gasteiger charge is -2.06. The molecule has 0 amide bonds. The number of halogens is 1. The molecule has 0 heterocycles. The van der Waals surface area contributed by atoms with Gasteiger partial charge in [0.15, 0.2) is 0 Å². The van der Waals surface area contributed by atoms with E-state index in [1.165, 1.54) is 6.08 Å². The first-order valence-corrected chi connectivity index (χ1v) is 4.08. The van der Waals surface area contributed by atoms with Crippen molar-refractivity contribution in [2.45, 2.75) is 6.04 Å². The molecular formula is C10H10FNO2. The lowest BCUT2D eigenvalue weighted by atomic mass is 10.1. The van der Waals surface area contributed by atoms with Gasteiger partial charge in [-0.1, -0.05) is 12.1 Å². The van der Waals surface area contributed by atoms with Crippen molar-refractivity contribution in [1.82, 2.24) is 0 Å². The van der Waals surface area contributed by atoms with E-state index in [4.69, 9.17) is 4.74 Å². The Kier molecular flexibility index (Phi) is 3.83. The summed E-state index contributed by atoms with van der Waals surface area (Å²) in [5.74, 6) is 0.682. The van der Waals surface area contributed by atoms with Crippen molar-refractivity contribution >= 4 is 6.08 Å². The zero-order valence-electron chi connectivity index (χ0n) is 7.74. The predicted octanol–water partition coefficient (Wildman–Crippen LogP) is 2.04. The van der Waals surface area contributed by atoms with Gasteiger partial charge in [0.2, 0.25) is 6.08 Å². The maximum atomic E-state index is 12.4. The van der Waals surface area contributed by atoms with E-state index in [9.17, 15) is 9.18 Å². The Morgan fingerprint density at radius 2 is 2.14 bits per heavy atom. The average molecular weight is 195 g/mol. The maximum absolute atomic E-state index is 12.4. The predicted molar refractivity (Wildman–Crippen MR) is 49.8 cm³/mol. The lowest BCUT2D eigenvalue weighted by Crippen LogP contribution is -1.97. The Labute approximate surface area is 81.2 Å². The van der Waals surface area contributed by atoms with E-state index in [0.29, 0.717) is 11.3 Å². The molecule has 0 saturated carbocycles. The van der Waals surface area contributed by atoms with Gasteiger partial charge in [0, 0.05) is 0 Å². The monoisotopic (exact) mass is 195 g/mol. The van der Waals surface area contributed by atoms with E-state index in [1.807, 2.05) is 0 Å². The van der Waals surface area contributed by atoms with Crippen LogP contribution in [0.2, 0.25) is 0 Å². The lowest BCUT2D eigenvalue weighted by molar-refractivity contribution is 0.413. The highest BCUT2D eigenvalue weighted by molar-refractivity contribution is 5.36. The Bertz CT molecular complexity index is 330. The molecule has 0 bridgehead atoms. The number of methoxy groups -OCH3 is 1. The van der Waals surface area contributed by atoms with Crippen LogP contribution in [-0.4, -0.2) is 19.9 Å². The molecule has 14 heavy (non-hydrogen) atoms. The highest BCUT2D eigenvalue weighted by Crippen LogP contribution is 2.20. The zero-order chi connectivity index (χ0) is 10.4. The van der Waals surface area contributed by atoms with E-state index in [-0.39, 0.29) is 0 Å². The zero-order valence-corrected chi connectivity index (χ0v) is 7.74. The van der Waals surface area contributed by atoms with Crippen molar-refractivity contribution in [3.05, 3.63) is 29.8 Å². The Morgan fingerprint density at radius 1 is 1.50 bits per heavy atom. The molecule has 0 aliphatic rings. The molecular weight excluding hydrogens is 185 g/mol. The number of benzene rings is 1. The van der Waals surface area contributed by atoms with Crippen LogP contribution >= 0.6 is 0 Å². The molecule has 1 aromatic carbocycles. The van der Waals surface area contributed by atoms with Crippen molar-refractivity contribution in [2.75, 3.05) is 13.8 Å². The van der Waals surface area contributed by atoms with Gasteiger partial charge in [-0.05, 0) is 17.7 Å². The SMILES string of the molecule is COc1ccc(C(CF)N=C=O)cc1. The Balaban J connectivity index is 2.88. The molecule has 0 fully saturated rings. The van der Waals surface area contributed by atoms with Gasteiger partial charge in [-0.25, -0.2) is 9.18 Å². The van der Waals surface area contributed by atoms with Crippen LogP contribution < -0.4 is 4.74 Å². The van der Waals surface area contributed by atoms with Crippen LogP contribution in [0.4, 0.5) is 4.39 Å². The quantitative estimate of drug-likeness (QED) is 0.544. The van der Waals surface area contributed by atoms with Crippen LogP contribution in [0, 0.1) is 0 Å². The molecule has 0 aromatic heterocycles. The number of hydrogen-bond acceptors (Lipinski definition) is 3. The van der Waals surface area contributed by atoms with Crippen molar-refractivity contribution < 1.29 is 13.9 Å². The molecule has 0 aliphatic carbocycles. The first kappa shape index (κ1) is 10.4. The topological polar surface area (TPSA) is 38.7 Å². The smallest absolute Gasteiger partial charge is 0.235 e. The molecule has 74 valence electrons. The number of aliphatic imine (C=N–C) groups is 1. The number of rotatable bonds is 4. The Morgan fingerprint density at radius 3 is 2.57 bits per heavy atom. The van der Waals surface area contributed by atoms with Crippen LogP contribution in [0.3, 0.4) is 0 Å². The molecule has 4 heteroatoms. The fourth-order valence-electron chi connectivity index (χ4n) is 1.09. The van der Waals surface area contributed by atoms with Crippen molar-refractivity contribution in [3.63, 3.8) is 0 Å². The van der Waals surface area contributed by atoms with E-state index in [0.717, 1.165) is 0 Å². The summed E-state index contributed by atoms with van der Waals surface area (Å²) in [6, 6.07) is 5.98. The molecule has 1 unspecified atom stereocenters. The minimum Gasteiger partial charge on any atom is -0.497 e. The summed E-state index contributed by atoms with van der Waals surface area (Å²) in [6.45, 7) is -0.707. The fourth-order valence-corrected chi connectivity index (χ4v) is 1.09. The van der Waals surface area contributed by atoms with Crippen LogP contribution in [0.5, 0.6) is 5.75 Å². The van der Waals surface area contributed by atoms with Crippen molar-refractivity contribution in [3.8, 4) is 5.75 Å².